The van der Waals surface area contributed by atoms with E-state index in [1.54, 1.807) is 12.4 Å². The van der Waals surface area contributed by atoms with Crippen LogP contribution in [-0.2, 0) is 4.79 Å². The summed E-state index contributed by atoms with van der Waals surface area (Å²) in [6, 6.07) is 0. The second-order valence-electron chi connectivity index (χ2n) is 2.45. The topological polar surface area (TPSA) is 83.6 Å². The summed E-state index contributed by atoms with van der Waals surface area (Å²) in [6.07, 6.45) is 6.87. The van der Waals surface area contributed by atoms with Crippen molar-refractivity contribution < 1.29 is 4.79 Å². The number of H-pyrrole nitrogens is 1. The Morgan fingerprint density at radius 1 is 1.21 bits per heavy atom. The zero-order chi connectivity index (χ0) is 9.80. The Morgan fingerprint density at radius 2 is 2.07 bits per heavy atom. The van der Waals surface area contributed by atoms with Crippen LogP contribution in [-0.4, -0.2) is 26.3 Å². The molecular weight excluding hydrogens is 182 g/mol. The van der Waals surface area contributed by atoms with E-state index in [1.165, 1.54) is 12.4 Å². The number of imidazole rings is 1. The highest BCUT2D eigenvalue weighted by Gasteiger charge is 2.08. The van der Waals surface area contributed by atoms with Gasteiger partial charge >= 0.3 is 0 Å². The van der Waals surface area contributed by atoms with Gasteiger partial charge in [-0.25, -0.2) is 15.0 Å². The molecule has 6 nitrogen and oxygen atoms in total. The first-order valence-corrected chi connectivity index (χ1v) is 3.93. The summed E-state index contributed by atoms with van der Waals surface area (Å²) in [5, 5.41) is 2.45. The number of nitrogens with zero attached hydrogens (tertiary/aromatic N) is 3. The number of anilines is 1. The lowest BCUT2D eigenvalue weighted by Crippen LogP contribution is -2.01. The number of aromatic nitrogens is 4. The number of hydrogen-bond acceptors (Lipinski definition) is 4. The Labute approximate surface area is 79.4 Å². The SMILES string of the molecule is O=CNc1nccnc1-c1ncc[nH]1. The van der Waals surface area contributed by atoms with Gasteiger partial charge in [-0.2, -0.15) is 0 Å². The van der Waals surface area contributed by atoms with Crippen molar-refractivity contribution in [2.45, 2.75) is 0 Å². The molecule has 0 radical (unpaired) electrons. The van der Waals surface area contributed by atoms with Crippen molar-refractivity contribution in [1.82, 2.24) is 19.9 Å². The largest absolute Gasteiger partial charge is 0.343 e. The van der Waals surface area contributed by atoms with Gasteiger partial charge in [0, 0.05) is 24.8 Å². The predicted octanol–water partition coefficient (Wildman–Crippen LogP) is 0.435. The second kappa shape index (κ2) is 3.65. The minimum absolute atomic E-state index is 0.387. The summed E-state index contributed by atoms with van der Waals surface area (Å²) in [6.45, 7) is 0. The van der Waals surface area contributed by atoms with Crippen LogP contribution in [0, 0.1) is 0 Å². The van der Waals surface area contributed by atoms with Crippen molar-refractivity contribution in [2.24, 2.45) is 0 Å². The molecule has 0 aliphatic carbocycles. The minimum atomic E-state index is 0.387. The molecule has 0 spiro atoms. The third kappa shape index (κ3) is 1.45. The van der Waals surface area contributed by atoms with Gasteiger partial charge in [0.05, 0.1) is 0 Å². The first-order chi connectivity index (χ1) is 6.92. The molecular formula is C8H7N5O. The molecule has 2 aromatic rings. The Morgan fingerprint density at radius 3 is 2.79 bits per heavy atom. The number of aromatic amines is 1. The third-order valence-corrected chi connectivity index (χ3v) is 1.62. The monoisotopic (exact) mass is 189 g/mol. The highest BCUT2D eigenvalue weighted by Crippen LogP contribution is 2.18. The normalized spacial score (nSPS) is 9.71. The summed E-state index contributed by atoms with van der Waals surface area (Å²) < 4.78 is 0. The van der Waals surface area contributed by atoms with Crippen LogP contribution in [0.3, 0.4) is 0 Å². The quantitative estimate of drug-likeness (QED) is 0.686. The van der Waals surface area contributed by atoms with Gasteiger partial charge < -0.3 is 10.3 Å². The van der Waals surface area contributed by atoms with E-state index < -0.39 is 0 Å². The molecule has 0 aliphatic heterocycles. The molecule has 2 heterocycles. The number of hydrogen-bond donors (Lipinski definition) is 2. The first kappa shape index (κ1) is 8.36. The van der Waals surface area contributed by atoms with E-state index in [4.69, 9.17) is 0 Å². The van der Waals surface area contributed by atoms with Crippen LogP contribution in [0.1, 0.15) is 0 Å². The lowest BCUT2D eigenvalue weighted by atomic mass is 10.4. The fraction of sp³-hybridized carbons (Fsp3) is 0. The molecule has 0 fully saturated rings. The molecule has 0 aliphatic rings. The molecule has 6 heteroatoms. The zero-order valence-electron chi connectivity index (χ0n) is 7.14. The Hall–Kier alpha value is -2.24. The smallest absolute Gasteiger partial charge is 0.212 e. The van der Waals surface area contributed by atoms with E-state index in [0.29, 0.717) is 23.7 Å². The maximum Gasteiger partial charge on any atom is 0.212 e. The lowest BCUT2D eigenvalue weighted by molar-refractivity contribution is -0.105. The molecule has 0 saturated carbocycles. The van der Waals surface area contributed by atoms with Crippen molar-refractivity contribution in [1.29, 1.82) is 0 Å². The van der Waals surface area contributed by atoms with Crippen LogP contribution < -0.4 is 5.32 Å². The fourth-order valence-electron chi connectivity index (χ4n) is 1.07. The number of carbonyl (C=O) groups excluding carboxylic acids is 1. The van der Waals surface area contributed by atoms with Gasteiger partial charge in [0.2, 0.25) is 6.41 Å². The molecule has 2 N–H and O–H groups in total. The summed E-state index contributed by atoms with van der Waals surface area (Å²) in [5.74, 6) is 0.958. The highest BCUT2D eigenvalue weighted by atomic mass is 16.1. The fourth-order valence-corrected chi connectivity index (χ4v) is 1.07. The molecule has 0 unspecified atom stereocenters. The average Bonchev–Trinajstić information content (AvgIpc) is 2.72. The van der Waals surface area contributed by atoms with Crippen LogP contribution in [0.15, 0.2) is 24.8 Å². The van der Waals surface area contributed by atoms with Gasteiger partial charge in [-0.1, -0.05) is 0 Å². The Kier molecular flexibility index (Phi) is 2.18. The molecule has 0 saturated heterocycles. The van der Waals surface area contributed by atoms with Crippen molar-refractivity contribution >= 4 is 12.2 Å². The maximum atomic E-state index is 10.3. The van der Waals surface area contributed by atoms with Crippen molar-refractivity contribution in [3.63, 3.8) is 0 Å². The summed E-state index contributed by atoms with van der Waals surface area (Å²) in [5.41, 5.74) is 0.518. The van der Waals surface area contributed by atoms with Gasteiger partial charge in [0.15, 0.2) is 11.6 Å². The molecule has 70 valence electrons. The van der Waals surface area contributed by atoms with Crippen molar-refractivity contribution in [3.05, 3.63) is 24.8 Å². The van der Waals surface area contributed by atoms with E-state index >= 15 is 0 Å². The molecule has 14 heavy (non-hydrogen) atoms. The van der Waals surface area contributed by atoms with Gasteiger partial charge in [0.25, 0.3) is 0 Å². The highest BCUT2D eigenvalue weighted by molar-refractivity contribution is 5.77. The van der Waals surface area contributed by atoms with E-state index in [-0.39, 0.29) is 0 Å². The van der Waals surface area contributed by atoms with Gasteiger partial charge in [-0.15, -0.1) is 0 Å². The number of carbonyl (C=O) groups is 1. The Bertz CT molecular complexity index is 425. The lowest BCUT2D eigenvalue weighted by Gasteiger charge is -2.01. The van der Waals surface area contributed by atoms with Gasteiger partial charge in [0.1, 0.15) is 5.69 Å². The maximum absolute atomic E-state index is 10.3. The third-order valence-electron chi connectivity index (χ3n) is 1.62. The van der Waals surface area contributed by atoms with E-state index in [0.717, 1.165) is 0 Å². The summed E-state index contributed by atoms with van der Waals surface area (Å²) in [7, 11) is 0. The van der Waals surface area contributed by atoms with Crippen LogP contribution in [0.5, 0.6) is 0 Å². The zero-order valence-corrected chi connectivity index (χ0v) is 7.14. The van der Waals surface area contributed by atoms with Crippen LogP contribution in [0.25, 0.3) is 11.5 Å². The molecule has 0 bridgehead atoms. The van der Waals surface area contributed by atoms with Gasteiger partial charge in [-0.05, 0) is 0 Å². The summed E-state index contributed by atoms with van der Waals surface area (Å²) in [4.78, 5) is 25.2. The van der Waals surface area contributed by atoms with Crippen molar-refractivity contribution in [3.8, 4) is 11.5 Å². The van der Waals surface area contributed by atoms with Gasteiger partial charge in [-0.3, -0.25) is 4.79 Å². The molecule has 2 aromatic heterocycles. The van der Waals surface area contributed by atoms with Crippen LogP contribution in [0.4, 0.5) is 5.82 Å². The minimum Gasteiger partial charge on any atom is -0.343 e. The Balaban J connectivity index is 2.46. The molecule has 2 rings (SSSR count). The van der Waals surface area contributed by atoms with E-state index in [9.17, 15) is 4.79 Å². The van der Waals surface area contributed by atoms with Crippen LogP contribution in [0.2, 0.25) is 0 Å². The first-order valence-electron chi connectivity index (χ1n) is 3.93. The number of nitrogens with one attached hydrogen (secondary N) is 2. The van der Waals surface area contributed by atoms with E-state index in [1.807, 2.05) is 0 Å². The number of amides is 1. The average molecular weight is 189 g/mol. The molecule has 0 atom stereocenters. The predicted molar refractivity (Wildman–Crippen MR) is 49.3 cm³/mol. The molecule has 1 amide bonds. The second-order valence-corrected chi connectivity index (χ2v) is 2.45. The van der Waals surface area contributed by atoms with E-state index in [2.05, 4.69) is 25.3 Å². The summed E-state index contributed by atoms with van der Waals surface area (Å²) >= 11 is 0. The van der Waals surface area contributed by atoms with Crippen LogP contribution >= 0.6 is 0 Å². The molecule has 0 aromatic carbocycles. The van der Waals surface area contributed by atoms with Crippen molar-refractivity contribution in [2.75, 3.05) is 5.32 Å². The standard InChI is InChI=1S/C8H7N5O/c14-5-13-8-6(9-1-2-12-8)7-10-3-4-11-7/h1-5H,(H,10,11)(H,12,13,14). The number of rotatable bonds is 3.